The molecule has 0 aliphatic carbocycles. The number of benzene rings is 2. The van der Waals surface area contributed by atoms with Gasteiger partial charge >= 0.3 is 0 Å². The fourth-order valence-electron chi connectivity index (χ4n) is 2.71. The second kappa shape index (κ2) is 10.1. The van der Waals surface area contributed by atoms with Crippen LogP contribution in [0.1, 0.15) is 17.5 Å². The Labute approximate surface area is 172 Å². The number of carbonyl (C=O) groups is 2. The standard InChI is InChI=1S/C21H22FN3O3S/c1-2-25(12-19(26)23-11-15-7-9-16(22)10-8-15)21(27)14-28-13-20-24-17-5-3-4-6-18(17)29-20/h3-10H,2,11-14H2,1H3,(H,23,26). The van der Waals surface area contributed by atoms with E-state index in [4.69, 9.17) is 4.74 Å². The number of amides is 2. The number of thiazole rings is 1. The zero-order valence-corrected chi connectivity index (χ0v) is 16.9. The van der Waals surface area contributed by atoms with E-state index in [1.807, 2.05) is 24.3 Å². The van der Waals surface area contributed by atoms with Crippen LogP contribution in [-0.4, -0.2) is 41.4 Å². The Hall–Kier alpha value is -2.84. The number of halogens is 1. The monoisotopic (exact) mass is 415 g/mol. The molecule has 152 valence electrons. The summed E-state index contributed by atoms with van der Waals surface area (Å²) in [4.78, 5) is 30.4. The Morgan fingerprint density at radius 2 is 1.93 bits per heavy atom. The van der Waals surface area contributed by atoms with E-state index in [2.05, 4.69) is 10.3 Å². The Bertz CT molecular complexity index is 942. The van der Waals surface area contributed by atoms with E-state index in [0.717, 1.165) is 20.8 Å². The Kier molecular flexibility index (Phi) is 7.26. The van der Waals surface area contributed by atoms with Crippen molar-refractivity contribution in [1.82, 2.24) is 15.2 Å². The first-order valence-electron chi connectivity index (χ1n) is 9.26. The number of fused-ring (bicyclic) bond motifs is 1. The molecule has 3 rings (SSSR count). The van der Waals surface area contributed by atoms with Gasteiger partial charge in [-0.1, -0.05) is 24.3 Å². The number of carbonyl (C=O) groups excluding carboxylic acids is 2. The van der Waals surface area contributed by atoms with Crippen LogP contribution in [0, 0.1) is 5.82 Å². The van der Waals surface area contributed by atoms with Crippen LogP contribution in [0.4, 0.5) is 4.39 Å². The summed E-state index contributed by atoms with van der Waals surface area (Å²) in [6.07, 6.45) is 0. The highest BCUT2D eigenvalue weighted by molar-refractivity contribution is 7.18. The average Bonchev–Trinajstić information content (AvgIpc) is 3.14. The van der Waals surface area contributed by atoms with Crippen molar-refractivity contribution in [3.8, 4) is 0 Å². The molecule has 0 saturated carbocycles. The summed E-state index contributed by atoms with van der Waals surface area (Å²) in [5.74, 6) is -0.866. The van der Waals surface area contributed by atoms with Gasteiger partial charge in [-0.15, -0.1) is 11.3 Å². The van der Waals surface area contributed by atoms with E-state index in [1.54, 1.807) is 19.1 Å². The molecule has 0 radical (unpaired) electrons. The average molecular weight is 415 g/mol. The summed E-state index contributed by atoms with van der Waals surface area (Å²) < 4.78 is 19.5. The maximum absolute atomic E-state index is 12.9. The third-order valence-electron chi connectivity index (χ3n) is 4.26. The van der Waals surface area contributed by atoms with Gasteiger partial charge in [0.25, 0.3) is 0 Å². The Balaban J connectivity index is 1.42. The first-order valence-corrected chi connectivity index (χ1v) is 10.1. The van der Waals surface area contributed by atoms with Crippen molar-refractivity contribution in [2.75, 3.05) is 19.7 Å². The summed E-state index contributed by atoms with van der Waals surface area (Å²) in [6, 6.07) is 13.7. The molecule has 0 unspecified atom stereocenters. The quantitative estimate of drug-likeness (QED) is 0.583. The lowest BCUT2D eigenvalue weighted by Crippen LogP contribution is -2.41. The molecule has 2 amide bonds. The molecule has 1 N–H and O–H groups in total. The van der Waals surface area contributed by atoms with Gasteiger partial charge in [-0.25, -0.2) is 9.37 Å². The second-order valence-electron chi connectivity index (χ2n) is 6.38. The molecule has 29 heavy (non-hydrogen) atoms. The Morgan fingerprint density at radius 3 is 2.66 bits per heavy atom. The molecule has 1 aromatic heterocycles. The summed E-state index contributed by atoms with van der Waals surface area (Å²) in [6.45, 7) is 2.56. The number of para-hydroxylation sites is 1. The minimum atomic E-state index is -0.325. The largest absolute Gasteiger partial charge is 0.364 e. The summed E-state index contributed by atoms with van der Waals surface area (Å²) in [7, 11) is 0. The number of nitrogens with zero attached hydrogens (tertiary/aromatic N) is 2. The molecular formula is C21H22FN3O3S. The SMILES string of the molecule is CCN(CC(=O)NCc1ccc(F)cc1)C(=O)COCc1nc2ccccc2s1. The summed E-state index contributed by atoms with van der Waals surface area (Å²) in [5.41, 5.74) is 1.70. The fraction of sp³-hybridized carbons (Fsp3) is 0.286. The molecule has 0 saturated heterocycles. The van der Waals surface area contributed by atoms with Gasteiger partial charge in [0.05, 0.1) is 23.4 Å². The lowest BCUT2D eigenvalue weighted by Gasteiger charge is -2.20. The van der Waals surface area contributed by atoms with E-state index in [1.165, 1.54) is 28.4 Å². The van der Waals surface area contributed by atoms with Crippen LogP contribution in [0.2, 0.25) is 0 Å². The van der Waals surface area contributed by atoms with Gasteiger partial charge in [0.2, 0.25) is 11.8 Å². The van der Waals surface area contributed by atoms with E-state index in [9.17, 15) is 14.0 Å². The summed E-state index contributed by atoms with van der Waals surface area (Å²) >= 11 is 1.53. The molecule has 0 fully saturated rings. The van der Waals surface area contributed by atoms with Crippen LogP contribution in [0.15, 0.2) is 48.5 Å². The van der Waals surface area contributed by atoms with Crippen molar-refractivity contribution in [2.45, 2.75) is 20.1 Å². The van der Waals surface area contributed by atoms with Crippen LogP contribution in [0.25, 0.3) is 10.2 Å². The zero-order valence-electron chi connectivity index (χ0n) is 16.1. The maximum atomic E-state index is 12.9. The fourth-order valence-corrected chi connectivity index (χ4v) is 3.61. The molecule has 6 nitrogen and oxygen atoms in total. The van der Waals surface area contributed by atoms with Gasteiger partial charge in [-0.2, -0.15) is 0 Å². The highest BCUT2D eigenvalue weighted by Crippen LogP contribution is 2.21. The van der Waals surface area contributed by atoms with Crippen LogP contribution >= 0.6 is 11.3 Å². The predicted octanol–water partition coefficient (Wildman–Crippen LogP) is 3.12. The van der Waals surface area contributed by atoms with Gasteiger partial charge < -0.3 is 15.0 Å². The van der Waals surface area contributed by atoms with Gasteiger partial charge in [0, 0.05) is 13.1 Å². The highest BCUT2D eigenvalue weighted by Gasteiger charge is 2.16. The number of hydrogen-bond donors (Lipinski definition) is 1. The van der Waals surface area contributed by atoms with Crippen LogP contribution < -0.4 is 5.32 Å². The first-order chi connectivity index (χ1) is 14.0. The zero-order chi connectivity index (χ0) is 20.6. The van der Waals surface area contributed by atoms with Crippen LogP contribution in [0.5, 0.6) is 0 Å². The number of rotatable bonds is 9. The van der Waals surface area contributed by atoms with Gasteiger partial charge in [-0.05, 0) is 36.8 Å². The number of ether oxygens (including phenoxy) is 1. The molecule has 0 atom stereocenters. The predicted molar refractivity (Wildman–Crippen MR) is 110 cm³/mol. The molecule has 1 heterocycles. The van der Waals surface area contributed by atoms with E-state index >= 15 is 0 Å². The minimum absolute atomic E-state index is 0.0545. The second-order valence-corrected chi connectivity index (χ2v) is 7.49. The summed E-state index contributed by atoms with van der Waals surface area (Å²) in [5, 5.41) is 3.54. The molecule has 0 aliphatic rings. The first kappa shape index (κ1) is 20.9. The topological polar surface area (TPSA) is 71.5 Å². The normalized spacial score (nSPS) is 10.8. The van der Waals surface area contributed by atoms with Crippen molar-refractivity contribution < 1.29 is 18.7 Å². The van der Waals surface area contributed by atoms with Crippen molar-refractivity contribution in [3.63, 3.8) is 0 Å². The third-order valence-corrected chi connectivity index (χ3v) is 5.27. The number of likely N-dealkylation sites (N-methyl/N-ethyl adjacent to an activating group) is 1. The number of aromatic nitrogens is 1. The van der Waals surface area contributed by atoms with Gasteiger partial charge in [0.1, 0.15) is 17.4 Å². The van der Waals surface area contributed by atoms with Crippen molar-refractivity contribution in [1.29, 1.82) is 0 Å². The molecule has 8 heteroatoms. The molecule has 3 aromatic rings. The molecule has 0 aliphatic heterocycles. The van der Waals surface area contributed by atoms with Crippen molar-refractivity contribution in [3.05, 3.63) is 64.9 Å². The van der Waals surface area contributed by atoms with E-state index < -0.39 is 0 Å². The maximum Gasteiger partial charge on any atom is 0.249 e. The smallest absolute Gasteiger partial charge is 0.249 e. The van der Waals surface area contributed by atoms with Crippen LogP contribution in [0.3, 0.4) is 0 Å². The van der Waals surface area contributed by atoms with E-state index in [0.29, 0.717) is 6.54 Å². The third kappa shape index (κ3) is 6.07. The molecular weight excluding hydrogens is 393 g/mol. The van der Waals surface area contributed by atoms with E-state index in [-0.39, 0.29) is 43.9 Å². The van der Waals surface area contributed by atoms with Crippen molar-refractivity contribution >= 4 is 33.4 Å². The lowest BCUT2D eigenvalue weighted by atomic mass is 10.2. The van der Waals surface area contributed by atoms with Crippen molar-refractivity contribution in [2.24, 2.45) is 0 Å². The molecule has 2 aromatic carbocycles. The highest BCUT2D eigenvalue weighted by atomic mass is 32.1. The van der Waals surface area contributed by atoms with Crippen LogP contribution in [-0.2, 0) is 27.5 Å². The molecule has 0 spiro atoms. The van der Waals surface area contributed by atoms with Gasteiger partial charge in [-0.3, -0.25) is 9.59 Å². The molecule has 0 bridgehead atoms. The lowest BCUT2D eigenvalue weighted by molar-refractivity contribution is -0.140. The minimum Gasteiger partial charge on any atom is -0.364 e. The van der Waals surface area contributed by atoms with Gasteiger partial charge in [0.15, 0.2) is 0 Å². The Morgan fingerprint density at radius 1 is 1.17 bits per heavy atom. The number of nitrogens with one attached hydrogen (secondary N) is 1. The number of hydrogen-bond acceptors (Lipinski definition) is 5.